The molecule has 0 aromatic heterocycles. The number of hydrogen-bond acceptors (Lipinski definition) is 2. The van der Waals surface area contributed by atoms with Gasteiger partial charge in [0.25, 0.3) is 0 Å². The highest BCUT2D eigenvalue weighted by Crippen LogP contribution is 2.33. The Hall–Kier alpha value is -0.860. The quantitative estimate of drug-likeness (QED) is 0.819. The maximum absolute atomic E-state index is 12.4. The Balaban J connectivity index is 2.24. The van der Waals surface area contributed by atoms with Crippen molar-refractivity contribution in [3.8, 4) is 0 Å². The predicted molar refractivity (Wildman–Crippen MR) is 70.3 cm³/mol. The standard InChI is InChI=1S/C14H18ClNO/c1-10-4-3-7-14(16,9-10)13(17)11-5-2-6-12(15)8-11/h2,5-6,8,10H,3-4,7,9,16H2,1H3. The Kier molecular flexibility index (Phi) is 3.55. The Labute approximate surface area is 107 Å². The summed E-state index contributed by atoms with van der Waals surface area (Å²) in [6.07, 6.45) is 3.76. The van der Waals surface area contributed by atoms with Crippen molar-refractivity contribution in [2.45, 2.75) is 38.1 Å². The zero-order valence-corrected chi connectivity index (χ0v) is 10.8. The molecule has 1 fully saturated rings. The average Bonchev–Trinajstić information content (AvgIpc) is 2.27. The first-order chi connectivity index (χ1) is 8.01. The van der Waals surface area contributed by atoms with Crippen molar-refractivity contribution >= 4 is 17.4 Å². The second-order valence-corrected chi connectivity index (χ2v) is 5.63. The third-order valence-corrected chi connectivity index (χ3v) is 3.81. The fourth-order valence-electron chi connectivity index (χ4n) is 2.72. The summed E-state index contributed by atoms with van der Waals surface area (Å²) in [4.78, 5) is 12.4. The van der Waals surface area contributed by atoms with E-state index in [0.717, 1.165) is 19.3 Å². The molecule has 1 aliphatic rings. The highest BCUT2D eigenvalue weighted by molar-refractivity contribution is 6.31. The number of nitrogens with two attached hydrogens (primary N) is 1. The smallest absolute Gasteiger partial charge is 0.182 e. The van der Waals surface area contributed by atoms with Crippen molar-refractivity contribution in [2.24, 2.45) is 11.7 Å². The van der Waals surface area contributed by atoms with Crippen molar-refractivity contribution in [2.75, 3.05) is 0 Å². The van der Waals surface area contributed by atoms with Gasteiger partial charge in [-0.2, -0.15) is 0 Å². The van der Waals surface area contributed by atoms with Gasteiger partial charge in [-0.3, -0.25) is 4.79 Å². The molecular formula is C14H18ClNO. The molecule has 2 unspecified atom stereocenters. The third-order valence-electron chi connectivity index (χ3n) is 3.57. The molecule has 1 saturated carbocycles. The predicted octanol–water partition coefficient (Wildman–Crippen LogP) is 3.43. The van der Waals surface area contributed by atoms with Crippen LogP contribution in [0.5, 0.6) is 0 Å². The van der Waals surface area contributed by atoms with Crippen LogP contribution in [-0.2, 0) is 0 Å². The van der Waals surface area contributed by atoms with Crippen LogP contribution in [0.4, 0.5) is 0 Å². The number of Topliss-reactive ketones (excluding diaryl/α,β-unsaturated/α-hetero) is 1. The fourth-order valence-corrected chi connectivity index (χ4v) is 2.91. The van der Waals surface area contributed by atoms with Crippen molar-refractivity contribution in [3.05, 3.63) is 34.9 Å². The number of halogens is 1. The van der Waals surface area contributed by atoms with Crippen LogP contribution < -0.4 is 5.73 Å². The summed E-state index contributed by atoms with van der Waals surface area (Å²) >= 11 is 5.91. The van der Waals surface area contributed by atoms with E-state index in [0.29, 0.717) is 16.5 Å². The molecule has 17 heavy (non-hydrogen) atoms. The van der Waals surface area contributed by atoms with Crippen LogP contribution in [-0.4, -0.2) is 11.3 Å². The van der Waals surface area contributed by atoms with E-state index in [1.807, 2.05) is 0 Å². The number of carbonyl (C=O) groups is 1. The maximum atomic E-state index is 12.4. The normalized spacial score (nSPS) is 29.0. The lowest BCUT2D eigenvalue weighted by atomic mass is 9.73. The molecule has 1 aromatic rings. The monoisotopic (exact) mass is 251 g/mol. The van der Waals surface area contributed by atoms with Crippen LogP contribution in [0, 0.1) is 5.92 Å². The molecule has 0 bridgehead atoms. The van der Waals surface area contributed by atoms with E-state index in [2.05, 4.69) is 6.92 Å². The average molecular weight is 252 g/mol. The molecular weight excluding hydrogens is 234 g/mol. The van der Waals surface area contributed by atoms with Gasteiger partial charge in [0.1, 0.15) is 0 Å². The lowest BCUT2D eigenvalue weighted by molar-refractivity contribution is 0.0819. The largest absolute Gasteiger partial charge is 0.319 e. The van der Waals surface area contributed by atoms with E-state index >= 15 is 0 Å². The van der Waals surface area contributed by atoms with E-state index in [4.69, 9.17) is 17.3 Å². The van der Waals surface area contributed by atoms with Gasteiger partial charge in [-0.1, -0.05) is 43.5 Å². The number of carbonyl (C=O) groups excluding carboxylic acids is 1. The van der Waals surface area contributed by atoms with Crippen molar-refractivity contribution < 1.29 is 4.79 Å². The highest BCUT2D eigenvalue weighted by Gasteiger charge is 2.38. The summed E-state index contributed by atoms with van der Waals surface area (Å²) in [6, 6.07) is 7.07. The molecule has 2 N–H and O–H groups in total. The van der Waals surface area contributed by atoms with Crippen LogP contribution in [0.2, 0.25) is 5.02 Å². The van der Waals surface area contributed by atoms with Gasteiger partial charge in [0.2, 0.25) is 0 Å². The van der Waals surface area contributed by atoms with E-state index in [1.54, 1.807) is 24.3 Å². The Morgan fingerprint density at radius 1 is 1.53 bits per heavy atom. The first-order valence-electron chi connectivity index (χ1n) is 6.10. The lowest BCUT2D eigenvalue weighted by Crippen LogP contribution is -2.51. The molecule has 0 aliphatic heterocycles. The summed E-state index contributed by atoms with van der Waals surface area (Å²) in [6.45, 7) is 2.16. The van der Waals surface area contributed by atoms with E-state index < -0.39 is 5.54 Å². The highest BCUT2D eigenvalue weighted by atomic mass is 35.5. The minimum Gasteiger partial charge on any atom is -0.319 e. The maximum Gasteiger partial charge on any atom is 0.182 e. The fraction of sp³-hybridized carbons (Fsp3) is 0.500. The number of benzene rings is 1. The first-order valence-corrected chi connectivity index (χ1v) is 6.48. The molecule has 92 valence electrons. The van der Waals surface area contributed by atoms with Crippen molar-refractivity contribution in [1.82, 2.24) is 0 Å². The summed E-state index contributed by atoms with van der Waals surface area (Å²) in [5, 5.41) is 0.586. The van der Waals surface area contributed by atoms with Crippen LogP contribution in [0.3, 0.4) is 0 Å². The second-order valence-electron chi connectivity index (χ2n) is 5.20. The molecule has 2 rings (SSSR count). The summed E-state index contributed by atoms with van der Waals surface area (Å²) in [7, 11) is 0. The van der Waals surface area contributed by atoms with E-state index in [-0.39, 0.29) is 5.78 Å². The topological polar surface area (TPSA) is 43.1 Å². The van der Waals surface area contributed by atoms with Gasteiger partial charge in [0, 0.05) is 10.6 Å². The summed E-state index contributed by atoms with van der Waals surface area (Å²) in [5.41, 5.74) is 6.22. The molecule has 2 nitrogen and oxygen atoms in total. The van der Waals surface area contributed by atoms with Gasteiger partial charge in [-0.15, -0.1) is 0 Å². The molecule has 0 radical (unpaired) electrons. The van der Waals surface area contributed by atoms with Gasteiger partial charge in [-0.25, -0.2) is 0 Å². The Morgan fingerprint density at radius 3 is 2.94 bits per heavy atom. The van der Waals surface area contributed by atoms with Crippen molar-refractivity contribution in [1.29, 1.82) is 0 Å². The van der Waals surface area contributed by atoms with Crippen LogP contribution in [0.15, 0.2) is 24.3 Å². The molecule has 2 atom stereocenters. The van der Waals surface area contributed by atoms with E-state index in [1.165, 1.54) is 6.42 Å². The SMILES string of the molecule is CC1CCCC(N)(C(=O)c2cccc(Cl)c2)C1. The lowest BCUT2D eigenvalue weighted by Gasteiger charge is -2.35. The summed E-state index contributed by atoms with van der Waals surface area (Å²) in [5.74, 6) is 0.559. The van der Waals surface area contributed by atoms with Gasteiger partial charge >= 0.3 is 0 Å². The Bertz CT molecular complexity index is 432. The molecule has 0 spiro atoms. The summed E-state index contributed by atoms with van der Waals surface area (Å²) < 4.78 is 0. The van der Waals surface area contributed by atoms with Crippen LogP contribution in [0.1, 0.15) is 43.0 Å². The zero-order valence-electron chi connectivity index (χ0n) is 10.1. The van der Waals surface area contributed by atoms with Gasteiger partial charge < -0.3 is 5.73 Å². The first kappa shape index (κ1) is 12.6. The zero-order chi connectivity index (χ0) is 12.5. The van der Waals surface area contributed by atoms with Gasteiger partial charge in [0.05, 0.1) is 5.54 Å². The van der Waals surface area contributed by atoms with Crippen molar-refractivity contribution in [3.63, 3.8) is 0 Å². The molecule has 0 saturated heterocycles. The number of ketones is 1. The Morgan fingerprint density at radius 2 is 2.29 bits per heavy atom. The molecule has 0 heterocycles. The number of rotatable bonds is 2. The molecule has 3 heteroatoms. The van der Waals surface area contributed by atoms with Crippen LogP contribution in [0.25, 0.3) is 0 Å². The van der Waals surface area contributed by atoms with Crippen LogP contribution >= 0.6 is 11.6 Å². The van der Waals surface area contributed by atoms with Gasteiger partial charge in [-0.05, 0) is 30.9 Å². The third kappa shape index (κ3) is 2.70. The van der Waals surface area contributed by atoms with Gasteiger partial charge in [0.15, 0.2) is 5.78 Å². The molecule has 0 amide bonds. The second kappa shape index (κ2) is 4.79. The number of hydrogen-bond donors (Lipinski definition) is 1. The molecule has 1 aliphatic carbocycles. The minimum atomic E-state index is -0.692. The minimum absolute atomic E-state index is 0.0338. The molecule has 1 aromatic carbocycles. The van der Waals surface area contributed by atoms with E-state index in [9.17, 15) is 4.79 Å².